The molecule has 0 unspecified atom stereocenters. The highest BCUT2D eigenvalue weighted by molar-refractivity contribution is 7.92. The van der Waals surface area contributed by atoms with E-state index in [1.807, 2.05) is 0 Å². The lowest BCUT2D eigenvalue weighted by Crippen LogP contribution is -2.41. The molecule has 2 aromatic carbocycles. The van der Waals surface area contributed by atoms with Crippen molar-refractivity contribution >= 4 is 20.7 Å². The number of hydrogen-bond acceptors (Lipinski definition) is 4. The zero-order valence-electron chi connectivity index (χ0n) is 13.7. The van der Waals surface area contributed by atoms with Crippen molar-refractivity contribution in [3.05, 3.63) is 62.8 Å². The summed E-state index contributed by atoms with van der Waals surface area (Å²) in [5.74, 6) is 0. The zero-order valence-corrected chi connectivity index (χ0v) is 14.6. The molecule has 0 spiro atoms. The van der Waals surface area contributed by atoms with E-state index in [-0.39, 0.29) is 22.3 Å². The van der Waals surface area contributed by atoms with Crippen LogP contribution < -0.4 is 11.2 Å². The molecule has 0 fully saturated rings. The van der Waals surface area contributed by atoms with Crippen LogP contribution in [-0.2, 0) is 22.6 Å². The lowest BCUT2D eigenvalue weighted by atomic mass is 10.1. The minimum atomic E-state index is -4.72. The number of sulfone groups is 1. The minimum Gasteiger partial charge on any atom is -0.268 e. The Kier molecular flexibility index (Phi) is 3.45. The van der Waals surface area contributed by atoms with E-state index in [9.17, 15) is 31.2 Å². The second-order valence-corrected chi connectivity index (χ2v) is 7.89. The maximum absolute atomic E-state index is 13.2. The monoisotopic (exact) mass is 396 g/mol. The van der Waals surface area contributed by atoms with Gasteiger partial charge in [0.2, 0.25) is 9.84 Å². The summed E-state index contributed by atoms with van der Waals surface area (Å²) in [6.45, 7) is 1.53. The Bertz CT molecular complexity index is 1350. The van der Waals surface area contributed by atoms with Gasteiger partial charge in [0.05, 0.1) is 31.9 Å². The van der Waals surface area contributed by atoms with Crippen LogP contribution in [0.4, 0.5) is 13.2 Å². The summed E-state index contributed by atoms with van der Waals surface area (Å²) in [6.07, 6.45) is -4.72. The van der Waals surface area contributed by atoms with Crippen molar-refractivity contribution in [3.63, 3.8) is 0 Å². The molecule has 0 aliphatic carbocycles. The van der Waals surface area contributed by atoms with Crippen LogP contribution in [0.2, 0.25) is 0 Å². The highest BCUT2D eigenvalue weighted by Gasteiger charge is 2.37. The lowest BCUT2D eigenvalue weighted by molar-refractivity contribution is -0.137. The van der Waals surface area contributed by atoms with Gasteiger partial charge in [0, 0.05) is 6.54 Å². The van der Waals surface area contributed by atoms with Crippen molar-refractivity contribution in [3.8, 4) is 5.69 Å². The van der Waals surface area contributed by atoms with Crippen molar-refractivity contribution in [1.82, 2.24) is 9.13 Å². The fourth-order valence-electron chi connectivity index (χ4n) is 3.31. The number of benzene rings is 2. The number of nitrogens with zero attached hydrogens (tertiary/aromatic N) is 2. The number of alkyl halides is 3. The summed E-state index contributed by atoms with van der Waals surface area (Å²) in [4.78, 5) is 24.7. The number of hydrogen-bond donors (Lipinski definition) is 0. The van der Waals surface area contributed by atoms with Crippen LogP contribution in [0.1, 0.15) is 12.5 Å². The van der Waals surface area contributed by atoms with Gasteiger partial charge in [-0.05, 0) is 37.3 Å². The quantitative estimate of drug-likeness (QED) is 0.495. The van der Waals surface area contributed by atoms with E-state index in [2.05, 4.69) is 0 Å². The van der Waals surface area contributed by atoms with Crippen LogP contribution >= 0.6 is 0 Å². The summed E-state index contributed by atoms with van der Waals surface area (Å²) in [5.41, 5.74) is -3.30. The van der Waals surface area contributed by atoms with Gasteiger partial charge in [0.25, 0.3) is 5.56 Å². The van der Waals surface area contributed by atoms with Gasteiger partial charge < -0.3 is 0 Å². The van der Waals surface area contributed by atoms with E-state index < -0.39 is 43.4 Å². The lowest BCUT2D eigenvalue weighted by Gasteiger charge is -2.24. The number of para-hydroxylation sites is 1. The van der Waals surface area contributed by atoms with Crippen molar-refractivity contribution in [2.24, 2.45) is 0 Å². The average Bonchev–Trinajstić information content (AvgIpc) is 2.60. The smallest absolute Gasteiger partial charge is 0.268 e. The van der Waals surface area contributed by atoms with Gasteiger partial charge in [-0.2, -0.15) is 13.2 Å². The van der Waals surface area contributed by atoms with Crippen molar-refractivity contribution in [1.29, 1.82) is 0 Å². The highest BCUT2D eigenvalue weighted by atomic mass is 32.2. The summed E-state index contributed by atoms with van der Waals surface area (Å²) in [7, 11) is -4.20. The first kappa shape index (κ1) is 17.5. The summed E-state index contributed by atoms with van der Waals surface area (Å²) in [5, 5.41) is -0.0550. The predicted octanol–water partition coefficient (Wildman–Crippen LogP) is 2.34. The van der Waals surface area contributed by atoms with Crippen LogP contribution in [0.25, 0.3) is 16.6 Å². The molecule has 3 aromatic rings. The SMILES string of the molecule is CCn1c(=O)c2cccc3c2n(c1=O)-c1cc(C(F)(F)F)ccc1S3(=O)=O. The molecule has 27 heavy (non-hydrogen) atoms. The van der Waals surface area contributed by atoms with E-state index >= 15 is 0 Å². The Labute approximate surface area is 150 Å². The molecule has 0 bridgehead atoms. The first-order chi connectivity index (χ1) is 12.6. The van der Waals surface area contributed by atoms with Gasteiger partial charge >= 0.3 is 11.9 Å². The Morgan fingerprint density at radius 3 is 2.37 bits per heavy atom. The van der Waals surface area contributed by atoms with Gasteiger partial charge in [-0.1, -0.05) is 6.07 Å². The predicted molar refractivity (Wildman–Crippen MR) is 89.9 cm³/mol. The van der Waals surface area contributed by atoms with Gasteiger partial charge in [0.15, 0.2) is 0 Å². The van der Waals surface area contributed by atoms with Crippen LogP contribution in [-0.4, -0.2) is 17.6 Å². The molecule has 0 radical (unpaired) electrons. The molecule has 10 heteroatoms. The van der Waals surface area contributed by atoms with Crippen molar-refractivity contribution in [2.75, 3.05) is 0 Å². The van der Waals surface area contributed by atoms with Gasteiger partial charge in [0.1, 0.15) is 0 Å². The molecule has 1 aliphatic heterocycles. The van der Waals surface area contributed by atoms with E-state index in [4.69, 9.17) is 0 Å². The maximum Gasteiger partial charge on any atom is 0.416 e. The van der Waals surface area contributed by atoms with Crippen LogP contribution in [0.3, 0.4) is 0 Å². The summed E-state index contributed by atoms with van der Waals surface area (Å²) < 4.78 is 67.0. The Balaban J connectivity index is 2.33. The van der Waals surface area contributed by atoms with E-state index in [0.717, 1.165) is 15.2 Å². The number of rotatable bonds is 1. The molecule has 0 saturated heterocycles. The molecule has 2 heterocycles. The fraction of sp³-hybridized carbons (Fsp3) is 0.176. The van der Waals surface area contributed by atoms with Crippen molar-refractivity contribution < 1.29 is 21.6 Å². The largest absolute Gasteiger partial charge is 0.416 e. The second-order valence-electron chi connectivity index (χ2n) is 6.00. The molecule has 1 aliphatic rings. The molecule has 0 atom stereocenters. The highest BCUT2D eigenvalue weighted by Crippen LogP contribution is 2.39. The van der Waals surface area contributed by atoms with Gasteiger partial charge in [-0.15, -0.1) is 0 Å². The zero-order chi connectivity index (χ0) is 19.7. The molecule has 0 amide bonds. The Morgan fingerprint density at radius 2 is 1.74 bits per heavy atom. The molecule has 6 nitrogen and oxygen atoms in total. The van der Waals surface area contributed by atoms with Gasteiger partial charge in [-0.25, -0.2) is 13.2 Å². The molecule has 0 N–H and O–H groups in total. The minimum absolute atomic E-state index is 0.0150. The number of halogens is 3. The molecular formula is C17H11F3N2O4S. The third-order valence-corrected chi connectivity index (χ3v) is 6.38. The van der Waals surface area contributed by atoms with Crippen LogP contribution in [0, 0.1) is 0 Å². The number of aromatic nitrogens is 2. The molecule has 1 aromatic heterocycles. The van der Waals surface area contributed by atoms with E-state index in [1.165, 1.54) is 18.2 Å². The topological polar surface area (TPSA) is 78.1 Å². The first-order valence-corrected chi connectivity index (χ1v) is 9.32. The van der Waals surface area contributed by atoms with Crippen molar-refractivity contribution in [2.45, 2.75) is 29.4 Å². The van der Waals surface area contributed by atoms with Crippen LogP contribution in [0.5, 0.6) is 0 Å². The van der Waals surface area contributed by atoms with E-state index in [0.29, 0.717) is 12.1 Å². The molecule has 140 valence electrons. The first-order valence-electron chi connectivity index (χ1n) is 7.84. The normalized spacial score (nSPS) is 15.0. The third kappa shape index (κ3) is 2.22. The number of fused-ring (bicyclic) bond motifs is 2. The standard InChI is InChI=1S/C17H11F3N2O4S/c1-2-21-15(23)10-4-3-5-13-14(10)22(16(21)24)11-8-9(17(18,19)20)6-7-12(11)27(13,25)26/h3-8H,2H2,1H3. The summed E-state index contributed by atoms with van der Waals surface area (Å²) in [6, 6.07) is 6.04. The van der Waals surface area contributed by atoms with Crippen LogP contribution in [0.15, 0.2) is 55.8 Å². The Morgan fingerprint density at radius 1 is 1.04 bits per heavy atom. The Hall–Kier alpha value is -2.88. The summed E-state index contributed by atoms with van der Waals surface area (Å²) >= 11 is 0. The molecular weight excluding hydrogens is 385 g/mol. The maximum atomic E-state index is 13.2. The van der Waals surface area contributed by atoms with E-state index in [1.54, 1.807) is 6.92 Å². The average molecular weight is 396 g/mol. The third-order valence-electron chi connectivity index (χ3n) is 4.54. The molecule has 4 rings (SSSR count). The fourth-order valence-corrected chi connectivity index (χ4v) is 4.93. The second kappa shape index (κ2) is 5.32. The molecule has 0 saturated carbocycles. The van der Waals surface area contributed by atoms with Gasteiger partial charge in [-0.3, -0.25) is 13.9 Å².